The zero-order valence-corrected chi connectivity index (χ0v) is 13.7. The summed E-state index contributed by atoms with van der Waals surface area (Å²) in [6, 6.07) is 5.76. The van der Waals surface area contributed by atoms with E-state index in [2.05, 4.69) is 15.3 Å². The first-order chi connectivity index (χ1) is 10.9. The molecule has 1 unspecified atom stereocenters. The standard InChI is InChI=1S/C17H22N4O2/c1-4-15(23)21-17(18)20-14-6-5-12(7-10(14)2)16-11(3)8-13(22)9-19-16/h5-7,11H,4,8-9H2,1-3H3,(H3,18,20,21,23). The Kier molecular flexibility index (Phi) is 5.26. The smallest absolute Gasteiger partial charge is 0.226 e. The Hall–Kier alpha value is -2.50. The molecule has 1 aromatic rings. The van der Waals surface area contributed by atoms with Crippen molar-refractivity contribution < 1.29 is 9.59 Å². The van der Waals surface area contributed by atoms with Gasteiger partial charge in [-0.2, -0.15) is 0 Å². The predicted molar refractivity (Wildman–Crippen MR) is 91.1 cm³/mol. The maximum atomic E-state index is 11.4. The van der Waals surface area contributed by atoms with Gasteiger partial charge in [0, 0.05) is 24.5 Å². The second-order valence-electron chi connectivity index (χ2n) is 5.75. The van der Waals surface area contributed by atoms with Gasteiger partial charge in [-0.05, 0) is 30.2 Å². The van der Waals surface area contributed by atoms with Crippen molar-refractivity contribution in [1.29, 1.82) is 0 Å². The fourth-order valence-corrected chi connectivity index (χ4v) is 2.54. The number of nitrogens with one attached hydrogen (secondary N) is 1. The van der Waals surface area contributed by atoms with E-state index in [1.807, 2.05) is 32.0 Å². The number of Topliss-reactive ketones (excluding diaryl/α,β-unsaturated/α-hetero) is 1. The average molecular weight is 314 g/mol. The number of nitrogens with zero attached hydrogens (tertiary/aromatic N) is 2. The van der Waals surface area contributed by atoms with E-state index in [0.717, 1.165) is 16.8 Å². The molecule has 0 radical (unpaired) electrons. The van der Waals surface area contributed by atoms with Crippen LogP contribution in [0.5, 0.6) is 0 Å². The van der Waals surface area contributed by atoms with Gasteiger partial charge in [-0.25, -0.2) is 4.99 Å². The highest BCUT2D eigenvalue weighted by molar-refractivity contribution is 6.07. The molecule has 0 saturated heterocycles. The first-order valence-electron chi connectivity index (χ1n) is 7.71. The summed E-state index contributed by atoms with van der Waals surface area (Å²) in [7, 11) is 0. The number of ketones is 1. The summed E-state index contributed by atoms with van der Waals surface area (Å²) in [5, 5.41) is 2.52. The summed E-state index contributed by atoms with van der Waals surface area (Å²) in [6.07, 6.45) is 0.887. The molecule has 6 nitrogen and oxygen atoms in total. The number of aryl methyl sites for hydroxylation is 1. The van der Waals surface area contributed by atoms with Crippen molar-refractivity contribution in [1.82, 2.24) is 5.32 Å². The minimum absolute atomic E-state index is 0.0849. The Bertz CT molecular complexity index is 692. The number of benzene rings is 1. The Balaban J connectivity index is 2.23. The monoisotopic (exact) mass is 314 g/mol. The van der Waals surface area contributed by atoms with Crippen LogP contribution in [0.15, 0.2) is 28.2 Å². The summed E-state index contributed by atoms with van der Waals surface area (Å²) >= 11 is 0. The molecule has 2 rings (SSSR count). The number of amides is 1. The molecule has 0 fully saturated rings. The van der Waals surface area contributed by atoms with E-state index in [9.17, 15) is 9.59 Å². The Morgan fingerprint density at radius 2 is 2.22 bits per heavy atom. The van der Waals surface area contributed by atoms with E-state index in [4.69, 9.17) is 5.73 Å². The summed E-state index contributed by atoms with van der Waals surface area (Å²) in [4.78, 5) is 31.4. The molecule has 1 atom stereocenters. The molecule has 0 saturated carbocycles. The second kappa shape index (κ2) is 7.17. The van der Waals surface area contributed by atoms with Gasteiger partial charge in [-0.3, -0.25) is 19.9 Å². The van der Waals surface area contributed by atoms with Crippen molar-refractivity contribution in [3.8, 4) is 0 Å². The number of carbonyl (C=O) groups is 2. The third-order valence-electron chi connectivity index (χ3n) is 3.75. The van der Waals surface area contributed by atoms with E-state index < -0.39 is 0 Å². The van der Waals surface area contributed by atoms with E-state index >= 15 is 0 Å². The minimum atomic E-state index is -0.171. The highest BCUT2D eigenvalue weighted by Crippen LogP contribution is 2.24. The predicted octanol–water partition coefficient (Wildman–Crippen LogP) is 1.87. The third-order valence-corrected chi connectivity index (χ3v) is 3.75. The van der Waals surface area contributed by atoms with Crippen molar-refractivity contribution in [3.63, 3.8) is 0 Å². The first kappa shape index (κ1) is 16.9. The SMILES string of the molecule is CCC(=O)NC(N)=Nc1ccc(C2=NCC(=O)CC2C)cc1C. The van der Waals surface area contributed by atoms with E-state index in [1.165, 1.54) is 0 Å². The lowest BCUT2D eigenvalue weighted by molar-refractivity contribution is -0.119. The van der Waals surface area contributed by atoms with Crippen molar-refractivity contribution in [3.05, 3.63) is 29.3 Å². The van der Waals surface area contributed by atoms with Crippen LogP contribution in [-0.4, -0.2) is 29.9 Å². The van der Waals surface area contributed by atoms with Crippen LogP contribution in [0.25, 0.3) is 0 Å². The molecule has 1 aliphatic heterocycles. The molecular weight excluding hydrogens is 292 g/mol. The fraction of sp³-hybridized carbons (Fsp3) is 0.412. The number of hydrogen-bond donors (Lipinski definition) is 2. The van der Waals surface area contributed by atoms with E-state index in [0.29, 0.717) is 18.5 Å². The van der Waals surface area contributed by atoms with Crippen molar-refractivity contribution in [2.24, 2.45) is 21.6 Å². The van der Waals surface area contributed by atoms with Gasteiger partial charge in [0.15, 0.2) is 5.78 Å². The zero-order valence-electron chi connectivity index (χ0n) is 13.7. The van der Waals surface area contributed by atoms with Crippen molar-refractivity contribution in [2.45, 2.75) is 33.6 Å². The number of guanidine groups is 1. The van der Waals surface area contributed by atoms with Crippen LogP contribution >= 0.6 is 0 Å². The molecule has 122 valence electrons. The van der Waals surface area contributed by atoms with Crippen molar-refractivity contribution in [2.75, 3.05) is 6.54 Å². The van der Waals surface area contributed by atoms with Gasteiger partial charge in [-0.1, -0.05) is 19.9 Å². The maximum absolute atomic E-state index is 11.4. The van der Waals surface area contributed by atoms with Crippen LogP contribution in [0.1, 0.15) is 37.8 Å². The lowest BCUT2D eigenvalue weighted by Gasteiger charge is -2.19. The molecule has 1 heterocycles. The number of rotatable bonds is 3. The lowest BCUT2D eigenvalue weighted by atomic mass is 9.90. The Labute approximate surface area is 135 Å². The van der Waals surface area contributed by atoms with Gasteiger partial charge in [-0.15, -0.1) is 0 Å². The molecule has 1 amide bonds. The summed E-state index contributed by atoms with van der Waals surface area (Å²) < 4.78 is 0. The average Bonchev–Trinajstić information content (AvgIpc) is 2.49. The maximum Gasteiger partial charge on any atom is 0.226 e. The normalized spacial score (nSPS) is 18.6. The minimum Gasteiger partial charge on any atom is -0.369 e. The first-order valence-corrected chi connectivity index (χ1v) is 7.71. The third kappa shape index (κ3) is 4.25. The number of nitrogens with two attached hydrogens (primary N) is 1. The van der Waals surface area contributed by atoms with Gasteiger partial charge >= 0.3 is 0 Å². The second-order valence-corrected chi connectivity index (χ2v) is 5.75. The van der Waals surface area contributed by atoms with Crippen molar-refractivity contribution >= 4 is 29.0 Å². The molecule has 6 heteroatoms. The molecule has 0 spiro atoms. The lowest BCUT2D eigenvalue weighted by Crippen LogP contribution is -2.36. The summed E-state index contributed by atoms with van der Waals surface area (Å²) in [5.74, 6) is 0.217. The van der Waals surface area contributed by atoms with Crippen LogP contribution in [0.3, 0.4) is 0 Å². The van der Waals surface area contributed by atoms with E-state index in [-0.39, 0.29) is 30.1 Å². The summed E-state index contributed by atoms with van der Waals surface area (Å²) in [5.41, 5.74) is 9.31. The molecule has 23 heavy (non-hydrogen) atoms. The zero-order chi connectivity index (χ0) is 17.0. The topological polar surface area (TPSA) is 96.9 Å². The van der Waals surface area contributed by atoms with Gasteiger partial charge in [0.25, 0.3) is 0 Å². The van der Waals surface area contributed by atoms with E-state index in [1.54, 1.807) is 6.92 Å². The van der Waals surface area contributed by atoms with Crippen LogP contribution in [0, 0.1) is 12.8 Å². The highest BCUT2D eigenvalue weighted by Gasteiger charge is 2.21. The van der Waals surface area contributed by atoms with Gasteiger partial charge in [0.1, 0.15) is 0 Å². The number of aliphatic imine (C=N–C) groups is 2. The quantitative estimate of drug-likeness (QED) is 0.658. The molecule has 1 aromatic carbocycles. The Morgan fingerprint density at radius 3 is 2.83 bits per heavy atom. The van der Waals surface area contributed by atoms with Gasteiger partial charge in [0.2, 0.25) is 11.9 Å². The van der Waals surface area contributed by atoms with Crippen LogP contribution in [0.2, 0.25) is 0 Å². The number of carbonyl (C=O) groups excluding carboxylic acids is 2. The molecule has 1 aliphatic rings. The summed E-state index contributed by atoms with van der Waals surface area (Å²) in [6.45, 7) is 5.94. The molecule has 0 bridgehead atoms. The van der Waals surface area contributed by atoms with Crippen LogP contribution in [-0.2, 0) is 9.59 Å². The number of hydrogen-bond acceptors (Lipinski definition) is 4. The fourth-order valence-electron chi connectivity index (χ4n) is 2.54. The molecule has 3 N–H and O–H groups in total. The van der Waals surface area contributed by atoms with Crippen LogP contribution < -0.4 is 11.1 Å². The highest BCUT2D eigenvalue weighted by atomic mass is 16.1. The van der Waals surface area contributed by atoms with Gasteiger partial charge < -0.3 is 5.73 Å². The van der Waals surface area contributed by atoms with Crippen LogP contribution in [0.4, 0.5) is 5.69 Å². The molecular formula is C17H22N4O2. The largest absolute Gasteiger partial charge is 0.369 e. The Morgan fingerprint density at radius 1 is 1.48 bits per heavy atom. The molecule has 0 aromatic heterocycles. The molecule has 0 aliphatic carbocycles. The van der Waals surface area contributed by atoms with Gasteiger partial charge in [0.05, 0.1) is 12.2 Å².